The van der Waals surface area contributed by atoms with E-state index in [1.165, 1.54) is 6.92 Å². The lowest BCUT2D eigenvalue weighted by Crippen LogP contribution is -2.26. The summed E-state index contributed by atoms with van der Waals surface area (Å²) >= 11 is 0. The zero-order valence-electron chi connectivity index (χ0n) is 16.7. The van der Waals surface area contributed by atoms with Gasteiger partial charge in [-0.2, -0.15) is 5.10 Å². The van der Waals surface area contributed by atoms with Crippen LogP contribution in [0.25, 0.3) is 11.0 Å². The molecular weight excluding hydrogens is 358 g/mol. The molecule has 3 heterocycles. The third kappa shape index (κ3) is 3.74. The first-order valence-corrected chi connectivity index (χ1v) is 9.19. The largest absolute Gasteiger partial charge is 0.374 e. The molecule has 3 N–H and O–H groups in total. The third-order valence-corrected chi connectivity index (χ3v) is 4.71. The van der Waals surface area contributed by atoms with Crippen LogP contribution in [0.3, 0.4) is 0 Å². The molecule has 1 atom stereocenters. The Morgan fingerprint density at radius 3 is 2.64 bits per heavy atom. The molecule has 3 aromatic heterocycles. The van der Waals surface area contributed by atoms with Crippen LogP contribution in [0.1, 0.15) is 65.9 Å². The average Bonchev–Trinajstić information content (AvgIpc) is 3.03. The van der Waals surface area contributed by atoms with Gasteiger partial charge in [0, 0.05) is 41.7 Å². The van der Waals surface area contributed by atoms with Crippen LogP contribution in [0.2, 0.25) is 0 Å². The van der Waals surface area contributed by atoms with Crippen LogP contribution in [-0.2, 0) is 6.54 Å². The summed E-state index contributed by atoms with van der Waals surface area (Å²) in [5.41, 5.74) is 3.31. The average molecular weight is 383 g/mol. The highest BCUT2D eigenvalue weighted by Gasteiger charge is 2.20. The zero-order chi connectivity index (χ0) is 20.6. The molecular formula is C20H25N5O3. The summed E-state index contributed by atoms with van der Waals surface area (Å²) < 4.78 is 1.72. The van der Waals surface area contributed by atoms with Crippen LogP contribution in [0.15, 0.2) is 23.1 Å². The second-order valence-corrected chi connectivity index (χ2v) is 7.30. The van der Waals surface area contributed by atoms with Gasteiger partial charge < -0.3 is 10.1 Å². The van der Waals surface area contributed by atoms with E-state index in [4.69, 9.17) is 0 Å². The molecule has 3 aromatic rings. The fourth-order valence-corrected chi connectivity index (χ4v) is 3.24. The molecule has 0 saturated heterocycles. The number of aliphatic hydroxyl groups is 1. The summed E-state index contributed by atoms with van der Waals surface area (Å²) in [7, 11) is 0. The SMILES string of the molecule is CC(=O)c1cc(C(O)NCc2c(C)cc(C)[nH]c2=O)c2cnn(C(C)C)c2n1. The van der Waals surface area contributed by atoms with Gasteiger partial charge in [-0.05, 0) is 45.4 Å². The topological polar surface area (TPSA) is 113 Å². The first-order chi connectivity index (χ1) is 13.2. The lowest BCUT2D eigenvalue weighted by molar-refractivity contribution is 0.101. The van der Waals surface area contributed by atoms with Crippen LogP contribution in [0.5, 0.6) is 0 Å². The van der Waals surface area contributed by atoms with Gasteiger partial charge in [-0.15, -0.1) is 0 Å². The van der Waals surface area contributed by atoms with Crippen molar-refractivity contribution in [1.29, 1.82) is 0 Å². The summed E-state index contributed by atoms with van der Waals surface area (Å²) in [6.45, 7) is 9.23. The number of H-pyrrole nitrogens is 1. The van der Waals surface area contributed by atoms with Gasteiger partial charge in [0.15, 0.2) is 11.4 Å². The quantitative estimate of drug-likeness (QED) is 0.445. The number of nitrogens with one attached hydrogen (secondary N) is 2. The number of rotatable bonds is 6. The highest BCUT2D eigenvalue weighted by molar-refractivity contribution is 5.95. The van der Waals surface area contributed by atoms with E-state index in [1.54, 1.807) is 16.9 Å². The van der Waals surface area contributed by atoms with Crippen molar-refractivity contribution in [3.05, 3.63) is 56.8 Å². The second kappa shape index (κ2) is 7.65. The Labute approximate surface area is 162 Å². The Hall–Kier alpha value is -2.84. The molecule has 0 saturated carbocycles. The molecule has 0 aliphatic heterocycles. The number of aromatic amines is 1. The maximum atomic E-state index is 12.2. The van der Waals surface area contributed by atoms with Gasteiger partial charge in [0.1, 0.15) is 11.9 Å². The molecule has 0 aliphatic rings. The van der Waals surface area contributed by atoms with Crippen molar-refractivity contribution >= 4 is 16.8 Å². The van der Waals surface area contributed by atoms with Crippen molar-refractivity contribution in [2.24, 2.45) is 0 Å². The molecule has 0 amide bonds. The van der Waals surface area contributed by atoms with E-state index in [9.17, 15) is 14.7 Å². The monoisotopic (exact) mass is 383 g/mol. The standard InChI is InChI=1S/C20H25N5O3/c1-10(2)25-18-16(9-22-25)14(7-17(24-18)13(5)26)19(27)21-8-15-11(3)6-12(4)23-20(15)28/h6-7,9-10,19,21,27H,8H2,1-5H3,(H,23,28). The van der Waals surface area contributed by atoms with Gasteiger partial charge >= 0.3 is 0 Å². The Bertz CT molecular complexity index is 1100. The molecule has 0 aromatic carbocycles. The van der Waals surface area contributed by atoms with Gasteiger partial charge in [0.05, 0.1) is 6.20 Å². The number of carbonyl (C=O) groups excluding carboxylic acids is 1. The molecule has 8 nitrogen and oxygen atoms in total. The number of Topliss-reactive ketones (excluding diaryl/α,β-unsaturated/α-hetero) is 1. The fraction of sp³-hybridized carbons (Fsp3) is 0.400. The normalized spacial score (nSPS) is 12.7. The van der Waals surface area contributed by atoms with Crippen molar-refractivity contribution in [2.75, 3.05) is 0 Å². The summed E-state index contributed by atoms with van der Waals surface area (Å²) in [5.74, 6) is -0.197. The van der Waals surface area contributed by atoms with E-state index in [0.717, 1.165) is 11.3 Å². The van der Waals surface area contributed by atoms with E-state index in [-0.39, 0.29) is 29.6 Å². The molecule has 3 rings (SSSR count). The summed E-state index contributed by atoms with van der Waals surface area (Å²) in [6, 6.07) is 3.51. The number of hydrogen-bond acceptors (Lipinski definition) is 6. The van der Waals surface area contributed by atoms with Crippen molar-refractivity contribution in [3.8, 4) is 0 Å². The Balaban J connectivity index is 1.98. The highest BCUT2D eigenvalue weighted by atomic mass is 16.3. The lowest BCUT2D eigenvalue weighted by atomic mass is 10.1. The number of aromatic nitrogens is 4. The fourth-order valence-electron chi connectivity index (χ4n) is 3.24. The van der Waals surface area contributed by atoms with E-state index in [0.29, 0.717) is 22.2 Å². The van der Waals surface area contributed by atoms with Gasteiger partial charge in [-0.25, -0.2) is 9.67 Å². The van der Waals surface area contributed by atoms with E-state index < -0.39 is 6.23 Å². The van der Waals surface area contributed by atoms with Crippen LogP contribution in [-0.4, -0.2) is 30.6 Å². The number of pyridine rings is 2. The van der Waals surface area contributed by atoms with E-state index in [1.807, 2.05) is 33.8 Å². The molecule has 8 heteroatoms. The summed E-state index contributed by atoms with van der Waals surface area (Å²) in [6.07, 6.45) is 0.546. The smallest absolute Gasteiger partial charge is 0.252 e. The number of aryl methyl sites for hydroxylation is 2. The molecule has 0 fully saturated rings. The Kier molecular flexibility index (Phi) is 5.44. The molecule has 0 bridgehead atoms. The second-order valence-electron chi connectivity index (χ2n) is 7.30. The molecule has 0 spiro atoms. The van der Waals surface area contributed by atoms with Crippen LogP contribution < -0.4 is 10.9 Å². The number of carbonyl (C=O) groups is 1. The van der Waals surface area contributed by atoms with Gasteiger partial charge in [-0.1, -0.05) is 0 Å². The van der Waals surface area contributed by atoms with Crippen LogP contribution in [0.4, 0.5) is 0 Å². The summed E-state index contributed by atoms with van der Waals surface area (Å²) in [5, 5.41) is 18.7. The first kappa shape index (κ1) is 19.9. The Morgan fingerprint density at radius 1 is 1.32 bits per heavy atom. The minimum atomic E-state index is -1.09. The Morgan fingerprint density at radius 2 is 2.04 bits per heavy atom. The van der Waals surface area contributed by atoms with Crippen molar-refractivity contribution in [2.45, 2.75) is 53.4 Å². The van der Waals surface area contributed by atoms with Crippen molar-refractivity contribution in [3.63, 3.8) is 0 Å². The molecule has 0 aliphatic carbocycles. The van der Waals surface area contributed by atoms with Gasteiger partial charge in [-0.3, -0.25) is 14.9 Å². The van der Waals surface area contributed by atoms with Crippen molar-refractivity contribution in [1.82, 2.24) is 25.1 Å². The molecule has 148 valence electrons. The minimum absolute atomic E-state index is 0.0546. The van der Waals surface area contributed by atoms with Crippen LogP contribution in [0, 0.1) is 13.8 Å². The number of aliphatic hydroxyl groups excluding tert-OH is 1. The highest BCUT2D eigenvalue weighted by Crippen LogP contribution is 2.25. The maximum absolute atomic E-state index is 12.2. The molecule has 28 heavy (non-hydrogen) atoms. The number of ketones is 1. The van der Waals surface area contributed by atoms with E-state index in [2.05, 4.69) is 20.4 Å². The first-order valence-electron chi connectivity index (χ1n) is 9.19. The molecule has 0 radical (unpaired) electrons. The van der Waals surface area contributed by atoms with E-state index >= 15 is 0 Å². The zero-order valence-corrected chi connectivity index (χ0v) is 16.7. The predicted octanol–water partition coefficient (Wildman–Crippen LogP) is 2.30. The third-order valence-electron chi connectivity index (χ3n) is 4.71. The van der Waals surface area contributed by atoms with Crippen LogP contribution >= 0.6 is 0 Å². The van der Waals surface area contributed by atoms with Gasteiger partial charge in [0.25, 0.3) is 5.56 Å². The number of nitrogens with zero attached hydrogens (tertiary/aromatic N) is 3. The minimum Gasteiger partial charge on any atom is -0.374 e. The van der Waals surface area contributed by atoms with Gasteiger partial charge in [0.2, 0.25) is 0 Å². The maximum Gasteiger partial charge on any atom is 0.252 e. The predicted molar refractivity (Wildman–Crippen MR) is 106 cm³/mol. The van der Waals surface area contributed by atoms with Crippen molar-refractivity contribution < 1.29 is 9.90 Å². The number of fused-ring (bicyclic) bond motifs is 1. The molecule has 1 unspecified atom stereocenters. The number of hydrogen-bond donors (Lipinski definition) is 3. The lowest BCUT2D eigenvalue weighted by Gasteiger charge is -2.16. The summed E-state index contributed by atoms with van der Waals surface area (Å²) in [4.78, 5) is 31.3.